The zero-order chi connectivity index (χ0) is 17.6. The highest BCUT2D eigenvalue weighted by Gasteiger charge is 2.21. The van der Waals surface area contributed by atoms with E-state index in [1.165, 1.54) is 0 Å². The molecule has 23 heavy (non-hydrogen) atoms. The number of alkyl carbamates (subject to hydrolysis) is 1. The van der Waals surface area contributed by atoms with E-state index in [2.05, 4.69) is 15.7 Å². The lowest BCUT2D eigenvalue weighted by atomic mass is 10.2. The molecule has 0 unspecified atom stereocenters. The van der Waals surface area contributed by atoms with Gasteiger partial charge in [0.15, 0.2) is 5.82 Å². The van der Waals surface area contributed by atoms with E-state index in [9.17, 15) is 9.59 Å². The smallest absolute Gasteiger partial charge is 0.408 e. The van der Waals surface area contributed by atoms with E-state index in [1.807, 2.05) is 19.0 Å². The van der Waals surface area contributed by atoms with Gasteiger partial charge in [-0.25, -0.2) is 4.79 Å². The van der Waals surface area contributed by atoms with E-state index in [0.717, 1.165) is 13.1 Å². The minimum absolute atomic E-state index is 0.353. The van der Waals surface area contributed by atoms with Crippen molar-refractivity contribution < 1.29 is 14.3 Å². The van der Waals surface area contributed by atoms with E-state index in [0.29, 0.717) is 5.82 Å². The standard InChI is InChI=1S/C15H27N5O3/c1-11(16-14(22)23-15(2,3)4)13(21)17-12-7-8-20(18-12)10-9-19(5)6/h7-8,11H,9-10H2,1-6H3,(H,16,22)(H,17,18,21)/t11-/m1/s1. The summed E-state index contributed by atoms with van der Waals surface area (Å²) in [6.45, 7) is 8.45. The minimum atomic E-state index is -0.725. The molecule has 0 aromatic carbocycles. The molecule has 1 heterocycles. The summed E-state index contributed by atoms with van der Waals surface area (Å²) >= 11 is 0. The van der Waals surface area contributed by atoms with Crippen LogP contribution >= 0.6 is 0 Å². The van der Waals surface area contributed by atoms with Gasteiger partial charge in [-0.05, 0) is 41.8 Å². The van der Waals surface area contributed by atoms with Crippen LogP contribution in [0.1, 0.15) is 27.7 Å². The van der Waals surface area contributed by atoms with Crippen molar-refractivity contribution in [3.63, 3.8) is 0 Å². The highest BCUT2D eigenvalue weighted by atomic mass is 16.6. The Balaban J connectivity index is 2.47. The first kappa shape index (κ1) is 19.0. The summed E-state index contributed by atoms with van der Waals surface area (Å²) in [5.74, 6) is 0.0975. The molecule has 0 aliphatic carbocycles. The summed E-state index contributed by atoms with van der Waals surface area (Å²) in [4.78, 5) is 25.7. The van der Waals surface area contributed by atoms with Crippen LogP contribution in [0, 0.1) is 0 Å². The van der Waals surface area contributed by atoms with Crippen LogP contribution in [0.4, 0.5) is 10.6 Å². The SMILES string of the molecule is C[C@@H](NC(=O)OC(C)(C)C)C(=O)Nc1ccn(CCN(C)C)n1. The van der Waals surface area contributed by atoms with Gasteiger partial charge >= 0.3 is 6.09 Å². The third-order valence-corrected chi connectivity index (χ3v) is 2.79. The van der Waals surface area contributed by atoms with E-state index in [4.69, 9.17) is 4.74 Å². The molecule has 0 saturated carbocycles. The molecule has 130 valence electrons. The fourth-order valence-corrected chi connectivity index (χ4v) is 1.64. The summed E-state index contributed by atoms with van der Waals surface area (Å²) < 4.78 is 6.86. The Bertz CT molecular complexity index is 533. The number of nitrogens with one attached hydrogen (secondary N) is 2. The predicted octanol–water partition coefficient (Wildman–Crippen LogP) is 1.30. The van der Waals surface area contributed by atoms with Crippen LogP contribution in [0.3, 0.4) is 0 Å². The molecule has 0 spiro atoms. The van der Waals surface area contributed by atoms with Crippen LogP contribution in [0.25, 0.3) is 0 Å². The lowest BCUT2D eigenvalue weighted by Gasteiger charge is -2.21. The first-order valence-electron chi connectivity index (χ1n) is 7.55. The van der Waals surface area contributed by atoms with Crippen molar-refractivity contribution in [3.05, 3.63) is 12.3 Å². The van der Waals surface area contributed by atoms with Crippen LogP contribution in [-0.4, -0.2) is 59.0 Å². The number of rotatable bonds is 6. The topological polar surface area (TPSA) is 88.5 Å². The molecule has 1 atom stereocenters. The van der Waals surface area contributed by atoms with E-state index < -0.39 is 17.7 Å². The third kappa shape index (κ3) is 7.64. The number of nitrogens with zero attached hydrogens (tertiary/aromatic N) is 3. The Kier molecular flexibility index (Phi) is 6.56. The molecule has 1 aromatic rings. The van der Waals surface area contributed by atoms with Gasteiger partial charge < -0.3 is 20.3 Å². The van der Waals surface area contributed by atoms with Crippen LogP contribution < -0.4 is 10.6 Å². The second-order valence-electron chi connectivity index (χ2n) is 6.62. The highest BCUT2D eigenvalue weighted by molar-refractivity contribution is 5.95. The normalized spacial score (nSPS) is 12.8. The first-order chi connectivity index (χ1) is 10.6. The lowest BCUT2D eigenvalue weighted by molar-refractivity contribution is -0.117. The maximum Gasteiger partial charge on any atom is 0.408 e. The molecule has 1 aromatic heterocycles. The van der Waals surface area contributed by atoms with Gasteiger partial charge in [0, 0.05) is 18.8 Å². The zero-order valence-electron chi connectivity index (χ0n) is 14.7. The fourth-order valence-electron chi connectivity index (χ4n) is 1.64. The molecule has 8 heteroatoms. The van der Waals surface area contributed by atoms with Gasteiger partial charge in [-0.15, -0.1) is 0 Å². The first-order valence-corrected chi connectivity index (χ1v) is 7.55. The number of anilines is 1. The van der Waals surface area contributed by atoms with Crippen LogP contribution in [-0.2, 0) is 16.1 Å². The van der Waals surface area contributed by atoms with Gasteiger partial charge in [0.05, 0.1) is 6.54 Å². The van der Waals surface area contributed by atoms with Crippen molar-refractivity contribution >= 4 is 17.8 Å². The van der Waals surface area contributed by atoms with Gasteiger partial charge in [-0.1, -0.05) is 0 Å². The number of hydrogen-bond acceptors (Lipinski definition) is 5. The molecule has 0 aliphatic heterocycles. The summed E-state index contributed by atoms with van der Waals surface area (Å²) in [7, 11) is 3.96. The zero-order valence-corrected chi connectivity index (χ0v) is 14.7. The van der Waals surface area contributed by atoms with Gasteiger partial charge in [-0.3, -0.25) is 9.48 Å². The van der Waals surface area contributed by atoms with Crippen molar-refractivity contribution in [3.8, 4) is 0 Å². The van der Waals surface area contributed by atoms with E-state index >= 15 is 0 Å². The molecule has 8 nitrogen and oxygen atoms in total. The Hall–Kier alpha value is -2.09. The molecule has 2 N–H and O–H groups in total. The van der Waals surface area contributed by atoms with Gasteiger partial charge in [0.25, 0.3) is 0 Å². The largest absolute Gasteiger partial charge is 0.444 e. The molecular formula is C15H27N5O3. The summed E-state index contributed by atoms with van der Waals surface area (Å²) in [6.07, 6.45) is 1.17. The maximum absolute atomic E-state index is 12.1. The number of hydrogen-bond donors (Lipinski definition) is 2. The Morgan fingerprint density at radius 1 is 1.39 bits per heavy atom. The van der Waals surface area contributed by atoms with Crippen molar-refractivity contribution in [2.75, 3.05) is 26.0 Å². The van der Waals surface area contributed by atoms with Gasteiger partial charge in [0.2, 0.25) is 5.91 Å². The Morgan fingerprint density at radius 3 is 2.61 bits per heavy atom. The van der Waals surface area contributed by atoms with Crippen molar-refractivity contribution in [2.45, 2.75) is 45.9 Å². The molecule has 0 bridgehead atoms. The maximum atomic E-state index is 12.1. The number of amides is 2. The third-order valence-electron chi connectivity index (χ3n) is 2.79. The van der Waals surface area contributed by atoms with Crippen LogP contribution in [0.5, 0.6) is 0 Å². The molecule has 0 aliphatic rings. The Morgan fingerprint density at radius 2 is 2.04 bits per heavy atom. The molecular weight excluding hydrogens is 298 g/mol. The van der Waals surface area contributed by atoms with Gasteiger partial charge in [-0.2, -0.15) is 5.10 Å². The molecule has 0 fully saturated rings. The summed E-state index contributed by atoms with van der Waals surface area (Å²) in [6, 6.07) is 0.991. The van der Waals surface area contributed by atoms with Crippen molar-refractivity contribution in [2.24, 2.45) is 0 Å². The van der Waals surface area contributed by atoms with Crippen LogP contribution in [0.15, 0.2) is 12.3 Å². The average molecular weight is 325 g/mol. The number of ether oxygens (including phenoxy) is 1. The number of carbonyl (C=O) groups excluding carboxylic acids is 2. The van der Waals surface area contributed by atoms with E-state index in [-0.39, 0.29) is 5.91 Å². The lowest BCUT2D eigenvalue weighted by Crippen LogP contribution is -2.44. The minimum Gasteiger partial charge on any atom is -0.444 e. The average Bonchev–Trinajstić information content (AvgIpc) is 2.81. The summed E-state index contributed by atoms with van der Waals surface area (Å²) in [5, 5.41) is 9.41. The number of likely N-dealkylation sites (N-methyl/N-ethyl adjacent to an activating group) is 1. The predicted molar refractivity (Wildman–Crippen MR) is 88.2 cm³/mol. The summed E-state index contributed by atoms with van der Waals surface area (Å²) in [5.41, 5.74) is -0.606. The second kappa shape index (κ2) is 7.96. The second-order valence-corrected chi connectivity index (χ2v) is 6.62. The molecule has 2 amide bonds. The molecule has 0 radical (unpaired) electrons. The van der Waals surface area contributed by atoms with Crippen molar-refractivity contribution in [1.29, 1.82) is 0 Å². The molecule has 1 rings (SSSR count). The van der Waals surface area contributed by atoms with Gasteiger partial charge in [0.1, 0.15) is 11.6 Å². The number of carbonyl (C=O) groups is 2. The van der Waals surface area contributed by atoms with Crippen LogP contribution in [0.2, 0.25) is 0 Å². The number of aromatic nitrogens is 2. The van der Waals surface area contributed by atoms with E-state index in [1.54, 1.807) is 44.6 Å². The quantitative estimate of drug-likeness (QED) is 0.823. The van der Waals surface area contributed by atoms with Crippen molar-refractivity contribution in [1.82, 2.24) is 20.0 Å². The monoisotopic (exact) mass is 325 g/mol. The molecule has 0 saturated heterocycles. The Labute approximate surface area is 137 Å². The highest BCUT2D eigenvalue weighted by Crippen LogP contribution is 2.07. The fraction of sp³-hybridized carbons (Fsp3) is 0.667.